The lowest BCUT2D eigenvalue weighted by Gasteiger charge is -2.34. The number of carboxylic acid groups (broad SMARTS) is 1. The first-order valence-corrected chi connectivity index (χ1v) is 6.48. The summed E-state index contributed by atoms with van der Waals surface area (Å²) < 4.78 is 49.9. The number of aliphatic carboxylic acids is 1. The third-order valence-electron chi connectivity index (χ3n) is 4.00. The second-order valence-electron chi connectivity index (χ2n) is 6.12. The molecule has 1 N–H and O–H groups in total. The molecule has 0 heterocycles. The smallest absolute Gasteiger partial charge is 0.419 e. The maximum absolute atomic E-state index is 13.2. The van der Waals surface area contributed by atoms with Crippen LogP contribution in [0.5, 0.6) is 0 Å². The van der Waals surface area contributed by atoms with Gasteiger partial charge in [-0.3, -0.25) is 4.79 Å². The van der Waals surface area contributed by atoms with Crippen LogP contribution in [0.25, 0.3) is 0 Å². The standard InChI is InChI=1S/C13H20F4O2/c1-12(2,11(18)19)7-8-3-5-9(6-4-8)10(14)13(15,16)17/h8-10H,3-7H2,1-2H3,(H,18,19). The highest BCUT2D eigenvalue weighted by Crippen LogP contribution is 2.41. The van der Waals surface area contributed by atoms with Crippen LogP contribution in [0.4, 0.5) is 17.6 Å². The Morgan fingerprint density at radius 2 is 1.68 bits per heavy atom. The number of carboxylic acids is 1. The zero-order chi connectivity index (χ0) is 14.8. The highest BCUT2D eigenvalue weighted by Gasteiger charge is 2.46. The van der Waals surface area contributed by atoms with E-state index in [1.165, 1.54) is 0 Å². The molecule has 1 atom stereocenters. The van der Waals surface area contributed by atoms with Gasteiger partial charge in [-0.2, -0.15) is 13.2 Å². The summed E-state index contributed by atoms with van der Waals surface area (Å²) in [7, 11) is 0. The van der Waals surface area contributed by atoms with Crippen molar-refractivity contribution in [3.8, 4) is 0 Å². The summed E-state index contributed by atoms with van der Waals surface area (Å²) in [6.07, 6.45) is -5.80. The predicted octanol–water partition coefficient (Wildman–Crippen LogP) is 4.19. The molecule has 1 saturated carbocycles. The summed E-state index contributed by atoms with van der Waals surface area (Å²) in [5, 5.41) is 9.01. The highest BCUT2D eigenvalue weighted by molar-refractivity contribution is 5.73. The van der Waals surface area contributed by atoms with Crippen molar-refractivity contribution in [2.75, 3.05) is 0 Å². The molecule has 0 aliphatic heterocycles. The lowest BCUT2D eigenvalue weighted by atomic mass is 9.73. The van der Waals surface area contributed by atoms with Gasteiger partial charge in [-0.1, -0.05) is 12.8 Å². The molecule has 2 nitrogen and oxygen atoms in total. The van der Waals surface area contributed by atoms with E-state index in [2.05, 4.69) is 0 Å². The molecule has 1 fully saturated rings. The molecule has 112 valence electrons. The maximum atomic E-state index is 13.2. The van der Waals surface area contributed by atoms with Gasteiger partial charge in [0.05, 0.1) is 5.41 Å². The molecule has 0 aromatic carbocycles. The Balaban J connectivity index is 2.48. The van der Waals surface area contributed by atoms with Crippen molar-refractivity contribution in [1.82, 2.24) is 0 Å². The van der Waals surface area contributed by atoms with Gasteiger partial charge < -0.3 is 5.11 Å². The van der Waals surface area contributed by atoms with Crippen LogP contribution < -0.4 is 0 Å². The van der Waals surface area contributed by atoms with Crippen molar-refractivity contribution in [3.63, 3.8) is 0 Å². The molecular formula is C13H20F4O2. The fourth-order valence-corrected chi connectivity index (χ4v) is 2.76. The van der Waals surface area contributed by atoms with E-state index in [1.807, 2.05) is 0 Å². The molecule has 1 aliphatic carbocycles. The summed E-state index contributed by atoms with van der Waals surface area (Å²) in [5.41, 5.74) is -0.878. The van der Waals surface area contributed by atoms with Crippen molar-refractivity contribution in [3.05, 3.63) is 0 Å². The normalized spacial score (nSPS) is 27.1. The molecule has 0 radical (unpaired) electrons. The van der Waals surface area contributed by atoms with Crippen molar-refractivity contribution < 1.29 is 27.5 Å². The fourth-order valence-electron chi connectivity index (χ4n) is 2.76. The van der Waals surface area contributed by atoms with Crippen molar-refractivity contribution in [2.24, 2.45) is 17.3 Å². The first kappa shape index (κ1) is 16.2. The van der Waals surface area contributed by atoms with Gasteiger partial charge in [0.2, 0.25) is 0 Å². The molecular weight excluding hydrogens is 264 g/mol. The van der Waals surface area contributed by atoms with Crippen LogP contribution in [-0.4, -0.2) is 23.4 Å². The Morgan fingerprint density at radius 1 is 1.21 bits per heavy atom. The van der Waals surface area contributed by atoms with Crippen LogP contribution in [0.2, 0.25) is 0 Å². The maximum Gasteiger partial charge on any atom is 0.419 e. The summed E-state index contributed by atoms with van der Waals surface area (Å²) >= 11 is 0. The van der Waals surface area contributed by atoms with Crippen LogP contribution in [0, 0.1) is 17.3 Å². The minimum atomic E-state index is -4.78. The minimum Gasteiger partial charge on any atom is -0.481 e. The van der Waals surface area contributed by atoms with Crippen LogP contribution in [0.15, 0.2) is 0 Å². The van der Waals surface area contributed by atoms with Gasteiger partial charge in [0.15, 0.2) is 6.17 Å². The monoisotopic (exact) mass is 284 g/mol. The second-order valence-corrected chi connectivity index (χ2v) is 6.12. The molecule has 1 aliphatic rings. The Kier molecular flexibility index (Phi) is 4.85. The average Bonchev–Trinajstić information content (AvgIpc) is 2.27. The van der Waals surface area contributed by atoms with E-state index in [0.29, 0.717) is 19.3 Å². The van der Waals surface area contributed by atoms with Crippen molar-refractivity contribution >= 4 is 5.97 Å². The number of halogens is 4. The van der Waals surface area contributed by atoms with Crippen molar-refractivity contribution in [2.45, 2.75) is 58.3 Å². The Morgan fingerprint density at radius 3 is 2.05 bits per heavy atom. The van der Waals surface area contributed by atoms with Crippen LogP contribution in [-0.2, 0) is 4.79 Å². The zero-order valence-electron chi connectivity index (χ0n) is 11.1. The van der Waals surface area contributed by atoms with Crippen LogP contribution in [0.3, 0.4) is 0 Å². The van der Waals surface area contributed by atoms with Gasteiger partial charge in [0.25, 0.3) is 0 Å². The van der Waals surface area contributed by atoms with Gasteiger partial charge in [-0.25, -0.2) is 4.39 Å². The molecule has 1 rings (SSSR count). The van der Waals surface area contributed by atoms with Crippen molar-refractivity contribution in [1.29, 1.82) is 0 Å². The summed E-state index contributed by atoms with van der Waals surface area (Å²) in [5.74, 6) is -1.81. The lowest BCUT2D eigenvalue weighted by molar-refractivity contribution is -0.198. The van der Waals surface area contributed by atoms with E-state index in [4.69, 9.17) is 5.11 Å². The molecule has 6 heteroatoms. The van der Waals surface area contributed by atoms with E-state index in [0.717, 1.165) is 0 Å². The van der Waals surface area contributed by atoms with E-state index in [-0.39, 0.29) is 18.8 Å². The first-order valence-electron chi connectivity index (χ1n) is 6.48. The van der Waals surface area contributed by atoms with Crippen LogP contribution >= 0.6 is 0 Å². The van der Waals surface area contributed by atoms with Gasteiger partial charge in [0.1, 0.15) is 0 Å². The molecule has 0 saturated heterocycles. The minimum absolute atomic E-state index is 0.0720. The van der Waals surface area contributed by atoms with Gasteiger partial charge >= 0.3 is 12.1 Å². The second kappa shape index (κ2) is 5.67. The largest absolute Gasteiger partial charge is 0.481 e. The van der Waals surface area contributed by atoms with E-state index in [1.54, 1.807) is 13.8 Å². The molecule has 1 unspecified atom stereocenters. The molecule has 0 aromatic heterocycles. The fraction of sp³-hybridized carbons (Fsp3) is 0.923. The van der Waals surface area contributed by atoms with Gasteiger partial charge in [-0.05, 0) is 44.9 Å². The molecule has 0 bridgehead atoms. The Hall–Kier alpha value is -0.810. The molecule has 0 aromatic rings. The number of alkyl halides is 4. The Labute approximate surface area is 110 Å². The summed E-state index contributed by atoms with van der Waals surface area (Å²) in [6.45, 7) is 3.21. The quantitative estimate of drug-likeness (QED) is 0.786. The first-order chi connectivity index (χ1) is 8.54. The molecule has 0 amide bonds. The summed E-state index contributed by atoms with van der Waals surface area (Å²) in [6, 6.07) is 0. The molecule has 19 heavy (non-hydrogen) atoms. The van der Waals surface area contributed by atoms with E-state index >= 15 is 0 Å². The number of hydrogen-bond donors (Lipinski definition) is 1. The Bertz CT molecular complexity index is 317. The van der Waals surface area contributed by atoms with E-state index < -0.39 is 29.7 Å². The number of rotatable bonds is 4. The van der Waals surface area contributed by atoms with Gasteiger partial charge in [-0.15, -0.1) is 0 Å². The third-order valence-corrected chi connectivity index (χ3v) is 4.00. The number of hydrogen-bond acceptors (Lipinski definition) is 1. The summed E-state index contributed by atoms with van der Waals surface area (Å²) in [4.78, 5) is 11.0. The third kappa shape index (κ3) is 4.35. The topological polar surface area (TPSA) is 37.3 Å². The SMILES string of the molecule is CC(C)(CC1CCC(C(F)C(F)(F)F)CC1)C(=O)O. The predicted molar refractivity (Wildman–Crippen MR) is 62.4 cm³/mol. The number of carbonyl (C=O) groups is 1. The zero-order valence-corrected chi connectivity index (χ0v) is 11.1. The highest BCUT2D eigenvalue weighted by atomic mass is 19.4. The van der Waals surface area contributed by atoms with Crippen LogP contribution in [0.1, 0.15) is 46.0 Å². The van der Waals surface area contributed by atoms with E-state index in [9.17, 15) is 22.4 Å². The lowest BCUT2D eigenvalue weighted by Crippen LogP contribution is -2.35. The van der Waals surface area contributed by atoms with Gasteiger partial charge in [0, 0.05) is 0 Å². The molecule has 0 spiro atoms. The average molecular weight is 284 g/mol.